The molecule has 1 rings (SSSR count). The van der Waals surface area contributed by atoms with Crippen LogP contribution in [0.3, 0.4) is 0 Å². The molecule has 0 aliphatic heterocycles. The maximum atomic E-state index is 10.5. The Balaban J connectivity index is 2.61. The van der Waals surface area contributed by atoms with Gasteiger partial charge in [-0.2, -0.15) is 5.10 Å². The molecule has 0 atom stereocenters. The van der Waals surface area contributed by atoms with E-state index in [0.29, 0.717) is 6.54 Å². The number of nitrogens with one attached hydrogen (secondary N) is 1. The number of carbonyl (C=O) groups excluding carboxylic acids is 1. The molecule has 13 heavy (non-hydrogen) atoms. The predicted molar refractivity (Wildman–Crippen MR) is 50.8 cm³/mol. The summed E-state index contributed by atoms with van der Waals surface area (Å²) in [5.74, 6) is 0. The summed E-state index contributed by atoms with van der Waals surface area (Å²) in [6, 6.07) is 1.84. The van der Waals surface area contributed by atoms with Crippen molar-refractivity contribution in [3.63, 3.8) is 0 Å². The minimum atomic E-state index is -0.541. The molecular formula is C8H12ClN3O. The molecule has 0 saturated heterocycles. The summed E-state index contributed by atoms with van der Waals surface area (Å²) >= 11 is 5.17. The number of halogens is 1. The van der Waals surface area contributed by atoms with Crippen molar-refractivity contribution in [2.75, 3.05) is 6.54 Å². The van der Waals surface area contributed by atoms with Gasteiger partial charge in [0.15, 0.2) is 0 Å². The van der Waals surface area contributed by atoms with E-state index in [9.17, 15) is 4.79 Å². The fourth-order valence-corrected chi connectivity index (χ4v) is 1.06. The van der Waals surface area contributed by atoms with Gasteiger partial charge in [0.25, 0.3) is 0 Å². The van der Waals surface area contributed by atoms with Gasteiger partial charge in [-0.15, -0.1) is 0 Å². The normalized spacial score (nSPS) is 11.3. The molecule has 4 nitrogen and oxygen atoms in total. The highest BCUT2D eigenvalue weighted by Gasteiger charge is 2.20. The molecule has 0 radical (unpaired) electrons. The molecule has 1 aromatic rings. The van der Waals surface area contributed by atoms with Crippen molar-refractivity contribution in [1.29, 1.82) is 0 Å². The van der Waals surface area contributed by atoms with E-state index in [0.717, 1.165) is 0 Å². The summed E-state index contributed by atoms with van der Waals surface area (Å²) in [7, 11) is 0. The molecule has 1 aromatic heterocycles. The Morgan fingerprint density at radius 1 is 1.69 bits per heavy atom. The number of nitrogens with zero attached hydrogens (tertiary/aromatic N) is 2. The molecule has 0 unspecified atom stereocenters. The Hall–Kier alpha value is -1.03. The third-order valence-corrected chi connectivity index (χ3v) is 1.92. The lowest BCUT2D eigenvalue weighted by molar-refractivity contribution is 0.249. The van der Waals surface area contributed by atoms with Gasteiger partial charge >= 0.3 is 5.37 Å². The highest BCUT2D eigenvalue weighted by Crippen LogP contribution is 2.11. The first kappa shape index (κ1) is 10.1. The lowest BCUT2D eigenvalue weighted by Gasteiger charge is -2.24. The van der Waals surface area contributed by atoms with E-state index in [1.165, 1.54) is 0 Å². The van der Waals surface area contributed by atoms with Crippen LogP contribution in [0, 0.1) is 0 Å². The maximum absolute atomic E-state index is 10.5. The van der Waals surface area contributed by atoms with Crippen LogP contribution in [0.5, 0.6) is 0 Å². The van der Waals surface area contributed by atoms with Gasteiger partial charge in [0, 0.05) is 18.9 Å². The van der Waals surface area contributed by atoms with Gasteiger partial charge < -0.3 is 5.32 Å². The van der Waals surface area contributed by atoms with Gasteiger partial charge in [0.2, 0.25) is 0 Å². The fraction of sp³-hybridized carbons (Fsp3) is 0.500. The van der Waals surface area contributed by atoms with Crippen LogP contribution in [0.15, 0.2) is 18.5 Å². The summed E-state index contributed by atoms with van der Waals surface area (Å²) < 4.78 is 1.78. The zero-order valence-electron chi connectivity index (χ0n) is 7.62. The predicted octanol–water partition coefficient (Wildman–Crippen LogP) is 1.57. The number of hydrogen-bond donors (Lipinski definition) is 1. The first-order valence-corrected chi connectivity index (χ1v) is 4.33. The maximum Gasteiger partial charge on any atom is 0.313 e. The van der Waals surface area contributed by atoms with E-state index in [1.54, 1.807) is 10.9 Å². The lowest BCUT2D eigenvalue weighted by Crippen LogP contribution is -2.39. The van der Waals surface area contributed by atoms with E-state index in [2.05, 4.69) is 10.4 Å². The van der Waals surface area contributed by atoms with Crippen LogP contribution in [0.25, 0.3) is 0 Å². The van der Waals surface area contributed by atoms with Crippen LogP contribution in [-0.2, 0) is 5.54 Å². The van der Waals surface area contributed by atoms with Crippen molar-refractivity contribution < 1.29 is 4.79 Å². The topological polar surface area (TPSA) is 46.9 Å². The van der Waals surface area contributed by atoms with Gasteiger partial charge in [-0.3, -0.25) is 9.48 Å². The molecule has 5 heteroatoms. The number of amides is 1. The Bertz CT molecular complexity index is 282. The third kappa shape index (κ3) is 2.73. The second-order valence-corrected chi connectivity index (χ2v) is 3.73. The highest BCUT2D eigenvalue weighted by molar-refractivity contribution is 6.62. The zero-order valence-corrected chi connectivity index (χ0v) is 8.38. The molecule has 1 heterocycles. The van der Waals surface area contributed by atoms with Crippen LogP contribution >= 0.6 is 11.6 Å². The second kappa shape index (κ2) is 3.79. The first-order valence-electron chi connectivity index (χ1n) is 3.96. The van der Waals surface area contributed by atoms with Crippen molar-refractivity contribution in [3.8, 4) is 0 Å². The molecule has 72 valence electrons. The molecule has 0 bridgehead atoms. The molecule has 0 fully saturated rings. The van der Waals surface area contributed by atoms with E-state index >= 15 is 0 Å². The summed E-state index contributed by atoms with van der Waals surface area (Å²) in [5.41, 5.74) is -0.256. The number of rotatable bonds is 3. The minimum absolute atomic E-state index is 0.256. The van der Waals surface area contributed by atoms with Crippen LogP contribution in [0.4, 0.5) is 4.79 Å². The van der Waals surface area contributed by atoms with Crippen molar-refractivity contribution in [2.24, 2.45) is 0 Å². The van der Waals surface area contributed by atoms with Gasteiger partial charge in [0.05, 0.1) is 5.54 Å². The molecular weight excluding hydrogens is 190 g/mol. The summed E-state index contributed by atoms with van der Waals surface area (Å²) in [4.78, 5) is 10.5. The first-order chi connectivity index (χ1) is 6.02. The molecule has 1 N–H and O–H groups in total. The standard InChI is InChI=1S/C8H12ClN3O/c1-8(2,6-10-7(9)13)12-5-3-4-11-12/h3-5H,6H2,1-2H3,(H,10,13). The Morgan fingerprint density at radius 3 is 2.85 bits per heavy atom. The van der Waals surface area contributed by atoms with Crippen LogP contribution < -0.4 is 5.32 Å². The van der Waals surface area contributed by atoms with Crippen LogP contribution in [-0.4, -0.2) is 21.7 Å². The van der Waals surface area contributed by atoms with Crippen molar-refractivity contribution in [1.82, 2.24) is 15.1 Å². The monoisotopic (exact) mass is 201 g/mol. The minimum Gasteiger partial charge on any atom is -0.340 e. The largest absolute Gasteiger partial charge is 0.340 e. The fourth-order valence-electron chi connectivity index (χ4n) is 0.994. The van der Waals surface area contributed by atoms with Gasteiger partial charge in [-0.1, -0.05) is 0 Å². The van der Waals surface area contributed by atoms with Gasteiger partial charge in [0.1, 0.15) is 0 Å². The van der Waals surface area contributed by atoms with E-state index in [1.807, 2.05) is 26.1 Å². The Labute approximate surface area is 81.9 Å². The molecule has 0 aliphatic carbocycles. The summed E-state index contributed by atoms with van der Waals surface area (Å²) in [6.45, 7) is 4.39. The van der Waals surface area contributed by atoms with Gasteiger partial charge in [-0.25, -0.2) is 0 Å². The summed E-state index contributed by atoms with van der Waals surface area (Å²) in [6.07, 6.45) is 3.55. The van der Waals surface area contributed by atoms with Crippen molar-refractivity contribution in [2.45, 2.75) is 19.4 Å². The van der Waals surface area contributed by atoms with Crippen molar-refractivity contribution >= 4 is 17.0 Å². The third-order valence-electron chi connectivity index (χ3n) is 1.78. The number of hydrogen-bond acceptors (Lipinski definition) is 2. The average Bonchev–Trinajstić information content (AvgIpc) is 2.53. The average molecular weight is 202 g/mol. The van der Waals surface area contributed by atoms with Crippen molar-refractivity contribution in [3.05, 3.63) is 18.5 Å². The smallest absolute Gasteiger partial charge is 0.313 e. The molecule has 1 amide bonds. The van der Waals surface area contributed by atoms with Crippen LogP contribution in [0.2, 0.25) is 0 Å². The molecule has 0 aromatic carbocycles. The summed E-state index contributed by atoms with van der Waals surface area (Å²) in [5, 5.41) is 6.09. The zero-order chi connectivity index (χ0) is 9.90. The van der Waals surface area contributed by atoms with E-state index in [4.69, 9.17) is 11.6 Å². The highest BCUT2D eigenvalue weighted by atomic mass is 35.5. The second-order valence-electron chi connectivity index (χ2n) is 3.39. The SMILES string of the molecule is CC(C)(CNC(=O)Cl)n1cccn1. The lowest BCUT2D eigenvalue weighted by atomic mass is 10.1. The quantitative estimate of drug-likeness (QED) is 0.596. The van der Waals surface area contributed by atoms with E-state index in [-0.39, 0.29) is 5.54 Å². The Morgan fingerprint density at radius 2 is 2.38 bits per heavy atom. The number of carbonyl (C=O) groups is 1. The Kier molecular flexibility index (Phi) is 2.93. The number of aromatic nitrogens is 2. The van der Waals surface area contributed by atoms with E-state index < -0.39 is 5.37 Å². The van der Waals surface area contributed by atoms with Gasteiger partial charge in [-0.05, 0) is 31.5 Å². The van der Waals surface area contributed by atoms with Crippen LogP contribution in [0.1, 0.15) is 13.8 Å². The molecule has 0 spiro atoms. The molecule has 0 aliphatic rings. The molecule has 0 saturated carbocycles.